The van der Waals surface area contributed by atoms with Gasteiger partial charge in [0.25, 0.3) is 11.6 Å². The molecule has 0 saturated carbocycles. The molecule has 5 nitrogen and oxygen atoms in total. The summed E-state index contributed by atoms with van der Waals surface area (Å²) in [5.41, 5.74) is 3.55. The number of rotatable bonds is 5. The summed E-state index contributed by atoms with van der Waals surface area (Å²) in [7, 11) is 0. The Morgan fingerprint density at radius 2 is 1.96 bits per heavy atom. The molecule has 0 aliphatic heterocycles. The van der Waals surface area contributed by atoms with Gasteiger partial charge in [0, 0.05) is 18.2 Å². The summed E-state index contributed by atoms with van der Waals surface area (Å²) < 4.78 is 0. The Balaban J connectivity index is 2.14. The van der Waals surface area contributed by atoms with Crippen molar-refractivity contribution in [2.24, 2.45) is 0 Å². The number of nitrogens with zero attached hydrogens (tertiary/aromatic N) is 1. The number of amides is 1. The summed E-state index contributed by atoms with van der Waals surface area (Å²) in [4.78, 5) is 23.4. The summed E-state index contributed by atoms with van der Waals surface area (Å²) in [6.45, 7) is 4.40. The van der Waals surface area contributed by atoms with E-state index in [4.69, 9.17) is 0 Å². The summed E-state index contributed by atoms with van der Waals surface area (Å²) in [6, 6.07) is 10.6. The van der Waals surface area contributed by atoms with Crippen LogP contribution in [0.15, 0.2) is 41.3 Å². The number of nitrogens with one attached hydrogen (secondary N) is 1. The van der Waals surface area contributed by atoms with Gasteiger partial charge in [0.2, 0.25) is 0 Å². The Morgan fingerprint density at radius 3 is 2.57 bits per heavy atom. The maximum atomic E-state index is 12.2. The number of aryl methyl sites for hydroxylation is 2. The summed E-state index contributed by atoms with van der Waals surface area (Å²) in [5, 5.41) is 13.9. The minimum atomic E-state index is -0.466. The number of nitro benzene ring substituents is 1. The van der Waals surface area contributed by atoms with Crippen molar-refractivity contribution in [3.8, 4) is 0 Å². The second kappa shape index (κ2) is 7.28. The predicted molar refractivity (Wildman–Crippen MR) is 92.0 cm³/mol. The minimum Gasteiger partial charge on any atom is -0.348 e. The van der Waals surface area contributed by atoms with Crippen molar-refractivity contribution in [1.29, 1.82) is 0 Å². The van der Waals surface area contributed by atoms with Crippen LogP contribution in [0.2, 0.25) is 0 Å². The van der Waals surface area contributed by atoms with E-state index in [1.165, 1.54) is 23.4 Å². The van der Waals surface area contributed by atoms with Crippen molar-refractivity contribution in [3.05, 3.63) is 68.8 Å². The molecule has 0 saturated heterocycles. The smallest absolute Gasteiger partial charge is 0.283 e. The fraction of sp³-hybridized carbons (Fsp3) is 0.235. The van der Waals surface area contributed by atoms with Crippen LogP contribution in [-0.4, -0.2) is 17.1 Å². The van der Waals surface area contributed by atoms with E-state index in [1.807, 2.05) is 26.0 Å². The molecule has 0 aromatic heterocycles. The molecule has 2 rings (SSSR count). The highest BCUT2D eigenvalue weighted by Crippen LogP contribution is 2.28. The van der Waals surface area contributed by atoms with Crippen LogP contribution in [0.25, 0.3) is 0 Å². The third-order valence-electron chi connectivity index (χ3n) is 3.58. The van der Waals surface area contributed by atoms with Crippen LogP contribution < -0.4 is 5.32 Å². The van der Waals surface area contributed by atoms with Crippen molar-refractivity contribution in [3.63, 3.8) is 0 Å². The quantitative estimate of drug-likeness (QED) is 0.513. The van der Waals surface area contributed by atoms with Gasteiger partial charge < -0.3 is 5.32 Å². The molecule has 2 aromatic rings. The van der Waals surface area contributed by atoms with Gasteiger partial charge in [-0.1, -0.05) is 23.8 Å². The van der Waals surface area contributed by atoms with Crippen LogP contribution in [0.3, 0.4) is 0 Å². The highest BCUT2D eigenvalue weighted by Gasteiger charge is 2.17. The van der Waals surface area contributed by atoms with Gasteiger partial charge in [-0.15, -0.1) is 11.8 Å². The van der Waals surface area contributed by atoms with Crippen molar-refractivity contribution in [2.45, 2.75) is 25.3 Å². The molecule has 0 bridgehead atoms. The van der Waals surface area contributed by atoms with Crippen molar-refractivity contribution < 1.29 is 9.72 Å². The van der Waals surface area contributed by atoms with E-state index >= 15 is 0 Å². The number of carbonyl (C=O) groups excluding carboxylic acids is 1. The summed E-state index contributed by atoms with van der Waals surface area (Å²) >= 11 is 1.28. The molecular formula is C17H18N2O3S. The molecule has 0 spiro atoms. The van der Waals surface area contributed by atoms with E-state index in [0.29, 0.717) is 17.0 Å². The third kappa shape index (κ3) is 4.10. The van der Waals surface area contributed by atoms with Gasteiger partial charge in [0.15, 0.2) is 0 Å². The molecule has 0 heterocycles. The van der Waals surface area contributed by atoms with Gasteiger partial charge in [-0.05, 0) is 43.4 Å². The molecule has 0 aliphatic carbocycles. The Morgan fingerprint density at radius 1 is 1.22 bits per heavy atom. The Bertz CT molecular complexity index is 759. The molecule has 6 heteroatoms. The molecule has 1 amide bonds. The molecule has 0 radical (unpaired) electrons. The van der Waals surface area contributed by atoms with Crippen LogP contribution in [0.5, 0.6) is 0 Å². The lowest BCUT2D eigenvalue weighted by molar-refractivity contribution is -0.387. The lowest BCUT2D eigenvalue weighted by atomic mass is 10.1. The highest BCUT2D eigenvalue weighted by atomic mass is 32.2. The largest absolute Gasteiger partial charge is 0.348 e. The zero-order valence-corrected chi connectivity index (χ0v) is 14.1. The van der Waals surface area contributed by atoms with Crippen LogP contribution >= 0.6 is 11.8 Å². The maximum Gasteiger partial charge on any atom is 0.283 e. The second-order valence-electron chi connectivity index (χ2n) is 5.26. The monoisotopic (exact) mass is 330 g/mol. The lowest BCUT2D eigenvalue weighted by Crippen LogP contribution is -2.23. The topological polar surface area (TPSA) is 72.2 Å². The Kier molecular flexibility index (Phi) is 5.39. The minimum absolute atomic E-state index is 0.0448. The molecular weight excluding hydrogens is 312 g/mol. The predicted octanol–water partition coefficient (Wildman–Crippen LogP) is 3.86. The average Bonchev–Trinajstić information content (AvgIpc) is 2.53. The van der Waals surface area contributed by atoms with Crippen LogP contribution in [0.1, 0.15) is 27.0 Å². The molecule has 0 fully saturated rings. The zero-order chi connectivity index (χ0) is 17.0. The average molecular weight is 330 g/mol. The van der Waals surface area contributed by atoms with E-state index in [1.54, 1.807) is 18.4 Å². The van der Waals surface area contributed by atoms with Gasteiger partial charge in [-0.25, -0.2) is 0 Å². The fourth-order valence-electron chi connectivity index (χ4n) is 2.30. The lowest BCUT2D eigenvalue weighted by Gasteiger charge is -2.09. The number of hydrogen-bond donors (Lipinski definition) is 1. The van der Waals surface area contributed by atoms with Crippen LogP contribution in [0.4, 0.5) is 5.69 Å². The second-order valence-corrected chi connectivity index (χ2v) is 6.10. The normalized spacial score (nSPS) is 10.4. The highest BCUT2D eigenvalue weighted by molar-refractivity contribution is 7.98. The van der Waals surface area contributed by atoms with Crippen LogP contribution in [-0.2, 0) is 6.54 Å². The maximum absolute atomic E-state index is 12.2. The number of hydrogen-bond acceptors (Lipinski definition) is 4. The first-order valence-corrected chi connectivity index (χ1v) is 8.31. The van der Waals surface area contributed by atoms with E-state index in [0.717, 1.165) is 11.1 Å². The van der Waals surface area contributed by atoms with Gasteiger partial charge in [0.1, 0.15) is 0 Å². The molecule has 23 heavy (non-hydrogen) atoms. The molecule has 1 N–H and O–H groups in total. The number of nitro groups is 1. The Hall–Kier alpha value is -2.34. The molecule has 120 valence electrons. The van der Waals surface area contributed by atoms with Crippen molar-refractivity contribution in [2.75, 3.05) is 6.26 Å². The van der Waals surface area contributed by atoms with Gasteiger partial charge in [0.05, 0.1) is 9.82 Å². The van der Waals surface area contributed by atoms with E-state index in [9.17, 15) is 14.9 Å². The summed E-state index contributed by atoms with van der Waals surface area (Å²) in [5.74, 6) is -0.319. The fourth-order valence-corrected chi connectivity index (χ4v) is 2.84. The van der Waals surface area contributed by atoms with Gasteiger partial charge in [-0.3, -0.25) is 14.9 Å². The molecule has 0 atom stereocenters. The summed E-state index contributed by atoms with van der Waals surface area (Å²) in [6.07, 6.45) is 1.77. The number of benzene rings is 2. The van der Waals surface area contributed by atoms with E-state index in [-0.39, 0.29) is 11.6 Å². The zero-order valence-electron chi connectivity index (χ0n) is 13.3. The number of thioether (sulfide) groups is 1. The first-order valence-electron chi connectivity index (χ1n) is 7.09. The van der Waals surface area contributed by atoms with Crippen molar-refractivity contribution in [1.82, 2.24) is 5.32 Å². The first kappa shape index (κ1) is 17.0. The molecule has 0 unspecified atom stereocenters. The Labute approximate surface area is 139 Å². The molecule has 0 aliphatic rings. The van der Waals surface area contributed by atoms with E-state index < -0.39 is 4.92 Å². The third-order valence-corrected chi connectivity index (χ3v) is 4.36. The van der Waals surface area contributed by atoms with Gasteiger partial charge >= 0.3 is 0 Å². The van der Waals surface area contributed by atoms with Gasteiger partial charge in [-0.2, -0.15) is 0 Å². The van der Waals surface area contributed by atoms with Crippen LogP contribution in [0, 0.1) is 24.0 Å². The SMILES string of the molecule is CSc1ccc(C(=O)NCc2ccc(C)cc2C)cc1[N+](=O)[O-]. The number of carbonyl (C=O) groups is 1. The standard InChI is InChI=1S/C17H18N2O3S/c1-11-4-5-14(12(2)8-11)10-18-17(20)13-6-7-16(23-3)15(9-13)19(21)22/h4-9H,10H2,1-3H3,(H,18,20). The molecule has 2 aromatic carbocycles. The van der Waals surface area contributed by atoms with Crippen molar-refractivity contribution >= 4 is 23.4 Å². The van der Waals surface area contributed by atoms with E-state index in [2.05, 4.69) is 11.4 Å². The first-order chi connectivity index (χ1) is 10.9.